The molecule has 0 aliphatic rings. The number of hydrogen-bond donors (Lipinski definition) is 1. The molecule has 0 saturated heterocycles. The molecule has 0 saturated carbocycles. The molecule has 1 aromatic carbocycles. The van der Waals surface area contributed by atoms with Gasteiger partial charge in [-0.05, 0) is 43.5 Å². The van der Waals surface area contributed by atoms with E-state index < -0.39 is 0 Å². The Kier molecular flexibility index (Phi) is 4.74. The largest absolute Gasteiger partial charge is 0.483 e. The first-order valence-electron chi connectivity index (χ1n) is 6.88. The van der Waals surface area contributed by atoms with Crippen molar-refractivity contribution in [1.82, 2.24) is 10.1 Å². The summed E-state index contributed by atoms with van der Waals surface area (Å²) in [7, 11) is 0. The van der Waals surface area contributed by atoms with Crippen LogP contribution in [0.3, 0.4) is 0 Å². The van der Waals surface area contributed by atoms with E-state index in [1.807, 2.05) is 20.8 Å². The monoisotopic (exact) mass is 275 g/mol. The summed E-state index contributed by atoms with van der Waals surface area (Å²) in [6.45, 7) is 7.01. The summed E-state index contributed by atoms with van der Waals surface area (Å²) in [5.74, 6) is 2.09. The molecule has 0 radical (unpaired) electrons. The topological polar surface area (TPSA) is 74.2 Å². The molecule has 0 fully saturated rings. The van der Waals surface area contributed by atoms with Gasteiger partial charge >= 0.3 is 0 Å². The molecule has 0 aliphatic heterocycles. The minimum Gasteiger partial charge on any atom is -0.483 e. The van der Waals surface area contributed by atoms with Gasteiger partial charge in [0.2, 0.25) is 0 Å². The Hall–Kier alpha value is -1.88. The lowest BCUT2D eigenvalue weighted by Gasteiger charge is -2.12. The second-order valence-electron chi connectivity index (χ2n) is 4.84. The van der Waals surface area contributed by atoms with Crippen molar-refractivity contribution in [2.24, 2.45) is 5.73 Å². The normalized spacial score (nSPS) is 10.8. The third kappa shape index (κ3) is 3.36. The highest BCUT2D eigenvalue weighted by molar-refractivity contribution is 5.43. The lowest BCUT2D eigenvalue weighted by atomic mass is 10.0. The van der Waals surface area contributed by atoms with Gasteiger partial charge in [-0.3, -0.25) is 0 Å². The predicted octanol–water partition coefficient (Wildman–Crippen LogP) is 2.33. The first-order valence-corrected chi connectivity index (χ1v) is 6.88. The van der Waals surface area contributed by atoms with Crippen LogP contribution >= 0.6 is 0 Å². The standard InChI is InChI=1S/C15H21N3O2/c1-4-13-17-14(20-18-13)9-19-15-10(2)7-12(5-6-16)8-11(15)3/h7-8H,4-6,9,16H2,1-3H3. The summed E-state index contributed by atoms with van der Waals surface area (Å²) >= 11 is 0. The molecular formula is C15H21N3O2. The molecule has 0 amide bonds. The van der Waals surface area contributed by atoms with Crippen molar-refractivity contribution in [3.05, 3.63) is 40.5 Å². The van der Waals surface area contributed by atoms with Crippen molar-refractivity contribution in [2.75, 3.05) is 6.54 Å². The summed E-state index contributed by atoms with van der Waals surface area (Å²) in [5, 5.41) is 3.85. The van der Waals surface area contributed by atoms with E-state index in [1.54, 1.807) is 0 Å². The van der Waals surface area contributed by atoms with Gasteiger partial charge in [-0.2, -0.15) is 4.98 Å². The van der Waals surface area contributed by atoms with Gasteiger partial charge in [-0.1, -0.05) is 24.2 Å². The fourth-order valence-corrected chi connectivity index (χ4v) is 2.20. The van der Waals surface area contributed by atoms with E-state index in [0.29, 0.717) is 24.9 Å². The number of nitrogens with two attached hydrogens (primary N) is 1. The number of rotatable bonds is 6. The van der Waals surface area contributed by atoms with Gasteiger partial charge < -0.3 is 15.0 Å². The Morgan fingerprint density at radius 2 is 1.95 bits per heavy atom. The quantitative estimate of drug-likeness (QED) is 0.875. The number of benzene rings is 1. The smallest absolute Gasteiger partial charge is 0.264 e. The maximum Gasteiger partial charge on any atom is 0.264 e. The molecule has 0 atom stereocenters. The molecule has 2 rings (SSSR count). The molecule has 5 nitrogen and oxygen atoms in total. The van der Waals surface area contributed by atoms with Crippen LogP contribution in [0.4, 0.5) is 0 Å². The molecule has 0 bridgehead atoms. The maximum atomic E-state index is 5.82. The van der Waals surface area contributed by atoms with Crippen LogP contribution in [0.5, 0.6) is 5.75 Å². The first-order chi connectivity index (χ1) is 9.63. The average molecular weight is 275 g/mol. The van der Waals surface area contributed by atoms with E-state index in [1.165, 1.54) is 5.56 Å². The van der Waals surface area contributed by atoms with E-state index in [4.69, 9.17) is 15.0 Å². The van der Waals surface area contributed by atoms with Gasteiger partial charge in [-0.15, -0.1) is 0 Å². The maximum absolute atomic E-state index is 5.82. The molecule has 20 heavy (non-hydrogen) atoms. The van der Waals surface area contributed by atoms with Crippen LogP contribution in [0.15, 0.2) is 16.7 Å². The van der Waals surface area contributed by atoms with Gasteiger partial charge in [0, 0.05) is 6.42 Å². The third-order valence-corrected chi connectivity index (χ3v) is 3.12. The zero-order valence-corrected chi connectivity index (χ0v) is 12.3. The van der Waals surface area contributed by atoms with Crippen LogP contribution in [0.1, 0.15) is 35.3 Å². The van der Waals surface area contributed by atoms with Crippen molar-refractivity contribution in [2.45, 2.75) is 40.2 Å². The van der Waals surface area contributed by atoms with E-state index in [0.717, 1.165) is 29.7 Å². The van der Waals surface area contributed by atoms with E-state index in [-0.39, 0.29) is 0 Å². The summed E-state index contributed by atoms with van der Waals surface area (Å²) in [6, 6.07) is 4.22. The highest BCUT2D eigenvalue weighted by atomic mass is 16.5. The van der Waals surface area contributed by atoms with E-state index >= 15 is 0 Å². The number of aromatic nitrogens is 2. The highest BCUT2D eigenvalue weighted by Gasteiger charge is 2.10. The van der Waals surface area contributed by atoms with Crippen LogP contribution in [-0.2, 0) is 19.4 Å². The van der Waals surface area contributed by atoms with Crippen LogP contribution < -0.4 is 10.5 Å². The number of aryl methyl sites for hydroxylation is 3. The Morgan fingerprint density at radius 3 is 2.50 bits per heavy atom. The second-order valence-corrected chi connectivity index (χ2v) is 4.84. The zero-order chi connectivity index (χ0) is 14.5. The summed E-state index contributed by atoms with van der Waals surface area (Å²) in [5.41, 5.74) is 9.03. The van der Waals surface area contributed by atoms with Crippen LogP contribution in [0, 0.1) is 13.8 Å². The summed E-state index contributed by atoms with van der Waals surface area (Å²) in [4.78, 5) is 4.23. The molecule has 108 valence electrons. The Bertz CT molecular complexity index is 555. The van der Waals surface area contributed by atoms with Gasteiger partial charge in [0.1, 0.15) is 5.75 Å². The fourth-order valence-electron chi connectivity index (χ4n) is 2.20. The number of hydrogen-bond acceptors (Lipinski definition) is 5. The van der Waals surface area contributed by atoms with Gasteiger partial charge in [-0.25, -0.2) is 0 Å². The summed E-state index contributed by atoms with van der Waals surface area (Å²) in [6.07, 6.45) is 1.64. The van der Waals surface area contributed by atoms with E-state index in [2.05, 4.69) is 22.3 Å². The average Bonchev–Trinajstić information content (AvgIpc) is 2.86. The van der Waals surface area contributed by atoms with Gasteiger partial charge in [0.05, 0.1) is 0 Å². The van der Waals surface area contributed by atoms with Crippen LogP contribution in [-0.4, -0.2) is 16.7 Å². The zero-order valence-electron chi connectivity index (χ0n) is 12.3. The second kappa shape index (κ2) is 6.52. The lowest BCUT2D eigenvalue weighted by Crippen LogP contribution is -2.05. The third-order valence-electron chi connectivity index (χ3n) is 3.12. The molecule has 0 aliphatic carbocycles. The van der Waals surface area contributed by atoms with Gasteiger partial charge in [0.25, 0.3) is 5.89 Å². The molecule has 1 aromatic heterocycles. The van der Waals surface area contributed by atoms with Crippen LogP contribution in [0.25, 0.3) is 0 Å². The molecule has 5 heteroatoms. The van der Waals surface area contributed by atoms with Gasteiger partial charge in [0.15, 0.2) is 12.4 Å². The number of nitrogens with zero attached hydrogens (tertiary/aromatic N) is 2. The number of ether oxygens (including phenoxy) is 1. The highest BCUT2D eigenvalue weighted by Crippen LogP contribution is 2.25. The minimum atomic E-state index is 0.297. The van der Waals surface area contributed by atoms with Crippen LogP contribution in [0.2, 0.25) is 0 Å². The molecule has 0 spiro atoms. The van der Waals surface area contributed by atoms with E-state index in [9.17, 15) is 0 Å². The van der Waals surface area contributed by atoms with Crippen molar-refractivity contribution in [3.63, 3.8) is 0 Å². The lowest BCUT2D eigenvalue weighted by molar-refractivity contribution is 0.240. The summed E-state index contributed by atoms with van der Waals surface area (Å²) < 4.78 is 10.9. The molecule has 0 unspecified atom stereocenters. The SMILES string of the molecule is CCc1noc(COc2c(C)cc(CCN)cc2C)n1. The molecule has 2 aromatic rings. The molecule has 2 N–H and O–H groups in total. The Morgan fingerprint density at radius 1 is 1.25 bits per heavy atom. The first kappa shape index (κ1) is 14.5. The van der Waals surface area contributed by atoms with Crippen molar-refractivity contribution >= 4 is 0 Å². The van der Waals surface area contributed by atoms with Crippen molar-refractivity contribution < 1.29 is 9.26 Å². The molecular weight excluding hydrogens is 254 g/mol. The van der Waals surface area contributed by atoms with Crippen molar-refractivity contribution in [3.8, 4) is 5.75 Å². The Balaban J connectivity index is 2.09. The van der Waals surface area contributed by atoms with Crippen molar-refractivity contribution in [1.29, 1.82) is 0 Å². The molecule has 1 heterocycles. The minimum absolute atomic E-state index is 0.297. The predicted molar refractivity (Wildman–Crippen MR) is 76.7 cm³/mol. The fraction of sp³-hybridized carbons (Fsp3) is 0.467. The Labute approximate surface area is 119 Å².